The molecule has 0 N–H and O–H groups in total. The Morgan fingerprint density at radius 2 is 1.61 bits per heavy atom. The SMILES string of the molecule is Cc1ccccc1-c1nnc(N(Cc2ccccc2)N(C)C)s1. The quantitative estimate of drug-likeness (QED) is 0.664. The minimum Gasteiger partial charge on any atom is -0.275 e. The van der Waals surface area contributed by atoms with Gasteiger partial charge in [0.2, 0.25) is 5.13 Å². The molecule has 2 aromatic carbocycles. The van der Waals surface area contributed by atoms with Crippen molar-refractivity contribution in [1.29, 1.82) is 0 Å². The lowest BCUT2D eigenvalue weighted by atomic mass is 10.1. The van der Waals surface area contributed by atoms with Gasteiger partial charge in [0.15, 0.2) is 0 Å². The lowest BCUT2D eigenvalue weighted by molar-refractivity contribution is 0.364. The molecule has 0 fully saturated rings. The van der Waals surface area contributed by atoms with E-state index < -0.39 is 0 Å². The van der Waals surface area contributed by atoms with Gasteiger partial charge >= 0.3 is 0 Å². The van der Waals surface area contributed by atoms with Crippen molar-refractivity contribution < 1.29 is 0 Å². The Morgan fingerprint density at radius 3 is 2.30 bits per heavy atom. The molecule has 3 rings (SSSR count). The summed E-state index contributed by atoms with van der Waals surface area (Å²) >= 11 is 1.62. The van der Waals surface area contributed by atoms with E-state index in [2.05, 4.69) is 63.5 Å². The standard InChI is InChI=1S/C18H20N4S/c1-14-9-7-8-12-16(14)17-19-20-18(23-17)22(21(2)3)13-15-10-5-4-6-11-15/h4-12H,13H2,1-3H3. The second kappa shape index (κ2) is 6.89. The van der Waals surface area contributed by atoms with Crippen molar-refractivity contribution in [2.45, 2.75) is 13.5 Å². The number of anilines is 1. The predicted molar refractivity (Wildman–Crippen MR) is 96.4 cm³/mol. The van der Waals surface area contributed by atoms with E-state index in [1.54, 1.807) is 11.3 Å². The molecule has 0 saturated heterocycles. The third-order valence-electron chi connectivity index (χ3n) is 3.67. The summed E-state index contributed by atoms with van der Waals surface area (Å²) in [6.07, 6.45) is 0. The van der Waals surface area contributed by atoms with Crippen LogP contribution in [0.2, 0.25) is 0 Å². The van der Waals surface area contributed by atoms with Crippen molar-refractivity contribution in [3.8, 4) is 10.6 Å². The average Bonchev–Trinajstić information content (AvgIpc) is 3.03. The van der Waals surface area contributed by atoms with Crippen LogP contribution in [0.15, 0.2) is 54.6 Å². The van der Waals surface area contributed by atoms with Crippen LogP contribution in [0, 0.1) is 6.92 Å². The summed E-state index contributed by atoms with van der Waals surface area (Å²) in [7, 11) is 4.05. The predicted octanol–water partition coefficient (Wildman–Crippen LogP) is 4.00. The van der Waals surface area contributed by atoms with Gasteiger partial charge in [-0.25, -0.2) is 5.01 Å². The first-order valence-electron chi connectivity index (χ1n) is 7.53. The second-order valence-electron chi connectivity index (χ2n) is 5.60. The lowest BCUT2D eigenvalue weighted by Gasteiger charge is -2.27. The highest BCUT2D eigenvalue weighted by molar-refractivity contribution is 7.18. The van der Waals surface area contributed by atoms with Crippen LogP contribution >= 0.6 is 11.3 Å². The lowest BCUT2D eigenvalue weighted by Crippen LogP contribution is -2.36. The number of aryl methyl sites for hydroxylation is 1. The highest BCUT2D eigenvalue weighted by atomic mass is 32.1. The molecule has 0 saturated carbocycles. The van der Waals surface area contributed by atoms with Gasteiger partial charge in [-0.3, -0.25) is 5.01 Å². The molecule has 0 atom stereocenters. The zero-order chi connectivity index (χ0) is 16.2. The molecule has 0 aliphatic heterocycles. The molecule has 5 heteroatoms. The topological polar surface area (TPSA) is 32.3 Å². The van der Waals surface area contributed by atoms with E-state index in [9.17, 15) is 0 Å². The first-order valence-corrected chi connectivity index (χ1v) is 8.35. The van der Waals surface area contributed by atoms with Gasteiger partial charge < -0.3 is 0 Å². The summed E-state index contributed by atoms with van der Waals surface area (Å²) in [6.45, 7) is 2.88. The van der Waals surface area contributed by atoms with E-state index in [0.29, 0.717) is 0 Å². The maximum Gasteiger partial charge on any atom is 0.223 e. The normalized spacial score (nSPS) is 11.0. The monoisotopic (exact) mass is 324 g/mol. The third-order valence-corrected chi connectivity index (χ3v) is 4.64. The summed E-state index contributed by atoms with van der Waals surface area (Å²) in [5, 5.41) is 14.8. The van der Waals surface area contributed by atoms with Crippen molar-refractivity contribution in [3.63, 3.8) is 0 Å². The highest BCUT2D eigenvalue weighted by Crippen LogP contribution is 2.31. The fraction of sp³-hybridized carbons (Fsp3) is 0.222. The summed E-state index contributed by atoms with van der Waals surface area (Å²) in [5.41, 5.74) is 3.61. The van der Waals surface area contributed by atoms with Crippen molar-refractivity contribution >= 4 is 16.5 Å². The number of rotatable bonds is 5. The Kier molecular flexibility index (Phi) is 4.69. The van der Waals surface area contributed by atoms with Crippen LogP contribution in [0.25, 0.3) is 10.6 Å². The second-order valence-corrected chi connectivity index (χ2v) is 6.55. The van der Waals surface area contributed by atoms with Gasteiger partial charge in [0.05, 0.1) is 6.54 Å². The van der Waals surface area contributed by atoms with Gasteiger partial charge in [-0.05, 0) is 18.1 Å². The molecular weight excluding hydrogens is 304 g/mol. The molecular formula is C18H20N4S. The maximum atomic E-state index is 4.40. The summed E-state index contributed by atoms with van der Waals surface area (Å²) in [5.74, 6) is 0. The number of benzene rings is 2. The molecule has 0 aliphatic rings. The summed E-state index contributed by atoms with van der Waals surface area (Å²) < 4.78 is 0. The Balaban J connectivity index is 1.88. The van der Waals surface area contributed by atoms with E-state index in [-0.39, 0.29) is 0 Å². The number of hydrazine groups is 1. The van der Waals surface area contributed by atoms with Gasteiger partial charge in [0.1, 0.15) is 5.01 Å². The molecule has 0 spiro atoms. The van der Waals surface area contributed by atoms with Crippen LogP contribution in [-0.2, 0) is 6.54 Å². The molecule has 1 heterocycles. The van der Waals surface area contributed by atoms with E-state index in [4.69, 9.17) is 0 Å². The van der Waals surface area contributed by atoms with Crippen LogP contribution in [0.5, 0.6) is 0 Å². The van der Waals surface area contributed by atoms with Gasteiger partial charge in [0.25, 0.3) is 0 Å². The van der Waals surface area contributed by atoms with Crippen LogP contribution in [0.3, 0.4) is 0 Å². The zero-order valence-corrected chi connectivity index (χ0v) is 14.4. The Labute approximate surface area is 141 Å². The number of hydrogen-bond donors (Lipinski definition) is 0. The smallest absolute Gasteiger partial charge is 0.223 e. The van der Waals surface area contributed by atoms with E-state index in [1.165, 1.54) is 11.1 Å². The molecule has 0 aliphatic carbocycles. The first-order chi connectivity index (χ1) is 11.1. The van der Waals surface area contributed by atoms with Crippen LogP contribution in [0.4, 0.5) is 5.13 Å². The summed E-state index contributed by atoms with van der Waals surface area (Å²) in [4.78, 5) is 0. The van der Waals surface area contributed by atoms with E-state index in [1.807, 2.05) is 32.3 Å². The van der Waals surface area contributed by atoms with Crippen LogP contribution < -0.4 is 5.01 Å². The van der Waals surface area contributed by atoms with E-state index in [0.717, 1.165) is 22.2 Å². The maximum absolute atomic E-state index is 4.40. The van der Waals surface area contributed by atoms with Crippen molar-refractivity contribution in [2.75, 3.05) is 19.1 Å². The molecule has 0 amide bonds. The minimum atomic E-state index is 0.774. The number of aromatic nitrogens is 2. The third kappa shape index (κ3) is 3.57. The van der Waals surface area contributed by atoms with Crippen molar-refractivity contribution in [3.05, 3.63) is 65.7 Å². The summed E-state index contributed by atoms with van der Waals surface area (Å²) in [6, 6.07) is 18.7. The largest absolute Gasteiger partial charge is 0.275 e. The molecule has 3 aromatic rings. The Morgan fingerprint density at radius 1 is 0.913 bits per heavy atom. The van der Waals surface area contributed by atoms with Crippen molar-refractivity contribution in [2.24, 2.45) is 0 Å². The van der Waals surface area contributed by atoms with Gasteiger partial charge in [-0.2, -0.15) is 0 Å². The van der Waals surface area contributed by atoms with E-state index >= 15 is 0 Å². The molecule has 118 valence electrons. The highest BCUT2D eigenvalue weighted by Gasteiger charge is 2.16. The molecule has 0 radical (unpaired) electrons. The van der Waals surface area contributed by atoms with Gasteiger partial charge in [-0.1, -0.05) is 65.9 Å². The molecule has 4 nitrogen and oxygen atoms in total. The molecule has 1 aromatic heterocycles. The minimum absolute atomic E-state index is 0.774. The van der Waals surface area contributed by atoms with Crippen molar-refractivity contribution in [1.82, 2.24) is 15.2 Å². The van der Waals surface area contributed by atoms with Gasteiger partial charge in [0, 0.05) is 19.7 Å². The Hall–Kier alpha value is -2.24. The number of nitrogens with zero attached hydrogens (tertiary/aromatic N) is 4. The molecule has 23 heavy (non-hydrogen) atoms. The zero-order valence-electron chi connectivity index (χ0n) is 13.6. The molecule has 0 bridgehead atoms. The average molecular weight is 324 g/mol. The fourth-order valence-corrected chi connectivity index (χ4v) is 3.39. The Bertz CT molecular complexity index is 767. The van der Waals surface area contributed by atoms with Crippen LogP contribution in [0.1, 0.15) is 11.1 Å². The number of hydrogen-bond acceptors (Lipinski definition) is 5. The van der Waals surface area contributed by atoms with Crippen LogP contribution in [-0.4, -0.2) is 29.3 Å². The van der Waals surface area contributed by atoms with Gasteiger partial charge in [-0.15, -0.1) is 10.2 Å². The molecule has 0 unspecified atom stereocenters. The fourth-order valence-electron chi connectivity index (χ4n) is 2.38. The first kappa shape index (κ1) is 15.6.